The Balaban J connectivity index is 2.12. The quantitative estimate of drug-likeness (QED) is 0.789. The first kappa shape index (κ1) is 11.3. The second kappa shape index (κ2) is 4.78. The fourth-order valence-electron chi connectivity index (χ4n) is 2.28. The zero-order chi connectivity index (χ0) is 11.5. The summed E-state index contributed by atoms with van der Waals surface area (Å²) in [6.07, 6.45) is 5.44. The van der Waals surface area contributed by atoms with E-state index < -0.39 is 0 Å². The molecule has 1 aliphatic carbocycles. The molecule has 1 aromatic heterocycles. The van der Waals surface area contributed by atoms with Crippen molar-refractivity contribution in [1.82, 2.24) is 4.98 Å². The largest absolute Gasteiger partial charge is 0.388 e. The van der Waals surface area contributed by atoms with Crippen LogP contribution in [0, 0.1) is 5.92 Å². The van der Waals surface area contributed by atoms with Gasteiger partial charge in [0.2, 0.25) is 0 Å². The molecule has 86 valence electrons. The smallest absolute Gasteiger partial charge is 0.124 e. The highest BCUT2D eigenvalue weighted by Crippen LogP contribution is 2.28. The topological polar surface area (TPSA) is 50.9 Å². The first-order valence-corrected chi connectivity index (χ1v) is 6.09. The van der Waals surface area contributed by atoms with E-state index >= 15 is 0 Å². The highest BCUT2D eigenvalue weighted by atomic mass is 32.1. The SMILES string of the molecule is CC1CCC(Nc2cccnc2C(N)=S)C1. The number of hydrogen-bond donors (Lipinski definition) is 2. The Morgan fingerprint density at radius 2 is 2.38 bits per heavy atom. The summed E-state index contributed by atoms with van der Waals surface area (Å²) in [6, 6.07) is 4.43. The van der Waals surface area contributed by atoms with Crippen LogP contribution in [-0.4, -0.2) is 16.0 Å². The van der Waals surface area contributed by atoms with E-state index in [4.69, 9.17) is 18.0 Å². The van der Waals surface area contributed by atoms with Crippen molar-refractivity contribution in [2.24, 2.45) is 11.7 Å². The van der Waals surface area contributed by atoms with Crippen LogP contribution in [0.15, 0.2) is 18.3 Å². The number of rotatable bonds is 3. The van der Waals surface area contributed by atoms with E-state index in [1.807, 2.05) is 12.1 Å². The van der Waals surface area contributed by atoms with Crippen molar-refractivity contribution < 1.29 is 0 Å². The van der Waals surface area contributed by atoms with E-state index in [1.165, 1.54) is 19.3 Å². The maximum atomic E-state index is 5.65. The minimum absolute atomic E-state index is 0.356. The molecule has 0 amide bonds. The summed E-state index contributed by atoms with van der Waals surface area (Å²) in [6.45, 7) is 2.29. The van der Waals surface area contributed by atoms with Gasteiger partial charge in [-0.1, -0.05) is 19.1 Å². The highest BCUT2D eigenvalue weighted by molar-refractivity contribution is 7.80. The van der Waals surface area contributed by atoms with Crippen molar-refractivity contribution in [3.8, 4) is 0 Å². The van der Waals surface area contributed by atoms with Crippen molar-refractivity contribution in [2.45, 2.75) is 32.2 Å². The van der Waals surface area contributed by atoms with E-state index in [0.717, 1.165) is 11.6 Å². The third-order valence-electron chi connectivity index (χ3n) is 3.10. The predicted molar refractivity (Wildman–Crippen MR) is 70.6 cm³/mol. The van der Waals surface area contributed by atoms with Crippen LogP contribution < -0.4 is 11.1 Å². The zero-order valence-electron chi connectivity index (χ0n) is 9.44. The van der Waals surface area contributed by atoms with Gasteiger partial charge in [-0.15, -0.1) is 0 Å². The summed E-state index contributed by atoms with van der Waals surface area (Å²) in [7, 11) is 0. The third kappa shape index (κ3) is 2.50. The average molecular weight is 235 g/mol. The molecule has 2 unspecified atom stereocenters. The first-order valence-electron chi connectivity index (χ1n) is 5.68. The summed E-state index contributed by atoms with van der Waals surface area (Å²) >= 11 is 4.99. The van der Waals surface area contributed by atoms with E-state index in [-0.39, 0.29) is 0 Å². The zero-order valence-corrected chi connectivity index (χ0v) is 10.3. The molecule has 3 nitrogen and oxygen atoms in total. The Bertz CT molecular complexity index is 392. The predicted octanol–water partition coefficient (Wildman–Crippen LogP) is 2.32. The average Bonchev–Trinajstić information content (AvgIpc) is 2.64. The fourth-order valence-corrected chi connectivity index (χ4v) is 2.44. The summed E-state index contributed by atoms with van der Waals surface area (Å²) in [5, 5.41) is 3.49. The standard InChI is InChI=1S/C12H17N3S/c1-8-4-5-9(7-8)15-10-3-2-6-14-11(10)12(13)16/h2-3,6,8-9,15H,4-5,7H2,1H3,(H2,13,16). The molecule has 0 saturated heterocycles. The Hall–Kier alpha value is -1.16. The van der Waals surface area contributed by atoms with Crippen LogP contribution in [0.25, 0.3) is 0 Å². The number of nitrogens with zero attached hydrogens (tertiary/aromatic N) is 1. The molecule has 0 aromatic carbocycles. The van der Waals surface area contributed by atoms with Gasteiger partial charge in [0, 0.05) is 12.2 Å². The lowest BCUT2D eigenvalue weighted by atomic mass is 10.1. The number of aromatic nitrogens is 1. The number of anilines is 1. The molecule has 1 fully saturated rings. The van der Waals surface area contributed by atoms with Crippen molar-refractivity contribution >= 4 is 22.9 Å². The minimum Gasteiger partial charge on any atom is -0.388 e. The van der Waals surface area contributed by atoms with E-state index in [0.29, 0.717) is 16.7 Å². The Kier molecular flexibility index (Phi) is 3.39. The molecule has 3 N–H and O–H groups in total. The summed E-state index contributed by atoms with van der Waals surface area (Å²) < 4.78 is 0. The minimum atomic E-state index is 0.356. The maximum Gasteiger partial charge on any atom is 0.124 e. The molecule has 1 saturated carbocycles. The summed E-state index contributed by atoms with van der Waals surface area (Å²) in [4.78, 5) is 4.57. The first-order chi connectivity index (χ1) is 7.66. The van der Waals surface area contributed by atoms with Gasteiger partial charge in [0.25, 0.3) is 0 Å². The van der Waals surface area contributed by atoms with Crippen molar-refractivity contribution in [3.05, 3.63) is 24.0 Å². The van der Waals surface area contributed by atoms with Gasteiger partial charge in [-0.05, 0) is 37.3 Å². The fraction of sp³-hybridized carbons (Fsp3) is 0.500. The van der Waals surface area contributed by atoms with Crippen LogP contribution in [0.3, 0.4) is 0 Å². The van der Waals surface area contributed by atoms with Crippen LogP contribution >= 0.6 is 12.2 Å². The normalized spacial score (nSPS) is 24.3. The van der Waals surface area contributed by atoms with Crippen molar-refractivity contribution in [1.29, 1.82) is 0 Å². The van der Waals surface area contributed by atoms with Gasteiger partial charge in [0.05, 0.1) is 5.69 Å². The highest BCUT2D eigenvalue weighted by Gasteiger charge is 2.21. The van der Waals surface area contributed by atoms with Crippen LogP contribution in [0.2, 0.25) is 0 Å². The van der Waals surface area contributed by atoms with Gasteiger partial charge < -0.3 is 11.1 Å². The monoisotopic (exact) mass is 235 g/mol. The molecule has 16 heavy (non-hydrogen) atoms. The van der Waals surface area contributed by atoms with Crippen LogP contribution in [0.1, 0.15) is 31.9 Å². The molecule has 4 heteroatoms. The van der Waals surface area contributed by atoms with Crippen molar-refractivity contribution in [3.63, 3.8) is 0 Å². The lowest BCUT2D eigenvalue weighted by molar-refractivity contribution is 0.602. The van der Waals surface area contributed by atoms with Crippen LogP contribution in [0.5, 0.6) is 0 Å². The number of nitrogens with one attached hydrogen (secondary N) is 1. The molecule has 1 aromatic rings. The molecule has 1 aliphatic rings. The van der Waals surface area contributed by atoms with E-state index in [1.54, 1.807) is 6.20 Å². The lowest BCUT2D eigenvalue weighted by Gasteiger charge is -2.16. The molecule has 1 heterocycles. The molecular formula is C12H17N3S. The third-order valence-corrected chi connectivity index (χ3v) is 3.29. The Labute approximate surface area is 101 Å². The molecule has 0 radical (unpaired) electrons. The lowest BCUT2D eigenvalue weighted by Crippen LogP contribution is -2.20. The van der Waals surface area contributed by atoms with E-state index in [9.17, 15) is 0 Å². The molecular weight excluding hydrogens is 218 g/mol. The molecule has 2 rings (SSSR count). The summed E-state index contributed by atoms with van der Waals surface area (Å²) in [5.41, 5.74) is 7.32. The second-order valence-corrected chi connectivity index (χ2v) is 4.96. The Morgan fingerprint density at radius 1 is 1.56 bits per heavy atom. The molecule has 0 spiro atoms. The van der Waals surface area contributed by atoms with Crippen LogP contribution in [0.4, 0.5) is 5.69 Å². The number of nitrogens with two attached hydrogens (primary N) is 1. The molecule has 0 aliphatic heterocycles. The van der Waals surface area contributed by atoms with Crippen molar-refractivity contribution in [2.75, 3.05) is 5.32 Å². The van der Waals surface area contributed by atoms with Crippen LogP contribution in [-0.2, 0) is 0 Å². The maximum absolute atomic E-state index is 5.65. The number of hydrogen-bond acceptors (Lipinski definition) is 3. The van der Waals surface area contributed by atoms with Gasteiger partial charge in [-0.3, -0.25) is 4.98 Å². The second-order valence-electron chi connectivity index (χ2n) is 4.52. The molecule has 0 bridgehead atoms. The van der Waals surface area contributed by atoms with Gasteiger partial charge in [0.1, 0.15) is 10.7 Å². The van der Waals surface area contributed by atoms with Gasteiger partial charge in [0.15, 0.2) is 0 Å². The number of thiocarbonyl (C=S) groups is 1. The summed E-state index contributed by atoms with van der Waals surface area (Å²) in [5.74, 6) is 0.808. The van der Waals surface area contributed by atoms with Gasteiger partial charge in [-0.2, -0.15) is 0 Å². The molecule has 2 atom stereocenters. The van der Waals surface area contributed by atoms with Gasteiger partial charge in [-0.25, -0.2) is 0 Å². The number of pyridine rings is 1. The van der Waals surface area contributed by atoms with Gasteiger partial charge >= 0.3 is 0 Å². The Morgan fingerprint density at radius 3 is 3.00 bits per heavy atom. The van der Waals surface area contributed by atoms with E-state index in [2.05, 4.69) is 17.2 Å².